The van der Waals surface area contributed by atoms with Gasteiger partial charge in [-0.2, -0.15) is 0 Å². The highest BCUT2D eigenvalue weighted by Crippen LogP contribution is 2.29. The maximum Gasteiger partial charge on any atom is 0.303 e. The summed E-state index contributed by atoms with van der Waals surface area (Å²) in [5.41, 5.74) is 5.10. The summed E-state index contributed by atoms with van der Waals surface area (Å²) in [6.07, 6.45) is 20.9. The number of allylic oxidation sites excluding steroid dienone is 2. The number of hydrogen-bond acceptors (Lipinski definition) is 3. The Labute approximate surface area is 203 Å². The molecule has 3 rings (SSSR count). The van der Waals surface area contributed by atoms with Crippen molar-refractivity contribution in [2.75, 3.05) is 6.61 Å². The largest absolute Gasteiger partial charge is 0.491 e. The zero-order chi connectivity index (χ0) is 24.0. The van der Waals surface area contributed by atoms with Crippen LogP contribution in [0.3, 0.4) is 0 Å². The topological polar surface area (TPSA) is 90.5 Å². The third-order valence-corrected chi connectivity index (χ3v) is 6.00. The minimum Gasteiger partial charge on any atom is -0.491 e. The highest BCUT2D eigenvalue weighted by molar-refractivity contribution is 5.99. The van der Waals surface area contributed by atoms with E-state index in [1.165, 1.54) is 38.5 Å². The Morgan fingerprint density at radius 1 is 1.03 bits per heavy atom. The molecule has 0 saturated heterocycles. The van der Waals surface area contributed by atoms with E-state index in [1.807, 2.05) is 24.4 Å². The van der Waals surface area contributed by atoms with E-state index < -0.39 is 5.97 Å². The van der Waals surface area contributed by atoms with Gasteiger partial charge in [0, 0.05) is 24.4 Å². The molecule has 1 aliphatic rings. The van der Waals surface area contributed by atoms with Crippen LogP contribution < -0.4 is 4.74 Å². The molecule has 0 atom stereocenters. The number of ether oxygens (including phenoxy) is 1. The fourth-order valence-electron chi connectivity index (χ4n) is 4.14. The van der Waals surface area contributed by atoms with Crippen LogP contribution in [0, 0.1) is 0 Å². The van der Waals surface area contributed by atoms with E-state index in [-0.39, 0.29) is 0 Å². The van der Waals surface area contributed by atoms with Crippen molar-refractivity contribution in [1.82, 2.24) is 9.97 Å². The van der Waals surface area contributed by atoms with Crippen molar-refractivity contribution >= 4 is 17.8 Å². The van der Waals surface area contributed by atoms with Gasteiger partial charge in [0.1, 0.15) is 5.75 Å². The molecule has 0 amide bonds. The number of aromatic amines is 2. The molecule has 2 aromatic heterocycles. The quantitative estimate of drug-likeness (QED) is 0.211. The fraction of sp³-hybridized carbons (Fsp3) is 0.500. The molecule has 1 aliphatic heterocycles. The molecule has 0 bridgehead atoms. The van der Waals surface area contributed by atoms with Crippen LogP contribution >= 0.6 is 0 Å². The summed E-state index contributed by atoms with van der Waals surface area (Å²) < 4.78 is 5.96. The van der Waals surface area contributed by atoms with Crippen molar-refractivity contribution in [3.8, 4) is 17.1 Å². The molecule has 2 aromatic rings. The lowest BCUT2D eigenvalue weighted by atomic mass is 10.0. The van der Waals surface area contributed by atoms with E-state index in [0.717, 1.165) is 66.3 Å². The average Bonchev–Trinajstić information content (AvgIpc) is 3.58. The van der Waals surface area contributed by atoms with Crippen molar-refractivity contribution in [3.63, 3.8) is 0 Å². The molecule has 0 saturated carbocycles. The minimum atomic E-state index is -0.680. The molecule has 3 heterocycles. The number of nitrogens with zero attached hydrogens (tertiary/aromatic N) is 1. The SMILES string of the molecule is CCCOc1cc(-c2ccc[nH]2)[nH]c1/C=C1\C=CC(CCCCCCCCCCCC(=O)O)=N1. The molecule has 0 aliphatic carbocycles. The molecule has 184 valence electrons. The van der Waals surface area contributed by atoms with Crippen LogP contribution in [0.5, 0.6) is 5.75 Å². The number of H-pyrrole nitrogens is 2. The lowest BCUT2D eigenvalue weighted by Crippen LogP contribution is -1.95. The predicted octanol–water partition coefficient (Wildman–Crippen LogP) is 7.53. The van der Waals surface area contributed by atoms with Gasteiger partial charge in [-0.15, -0.1) is 0 Å². The van der Waals surface area contributed by atoms with Crippen LogP contribution in [0.15, 0.2) is 47.2 Å². The number of carboxylic acids is 1. The van der Waals surface area contributed by atoms with Gasteiger partial charge in [0.25, 0.3) is 0 Å². The number of aliphatic carboxylic acids is 1. The van der Waals surface area contributed by atoms with Gasteiger partial charge in [0.15, 0.2) is 0 Å². The van der Waals surface area contributed by atoms with E-state index in [2.05, 4.69) is 35.1 Å². The summed E-state index contributed by atoms with van der Waals surface area (Å²) in [7, 11) is 0. The number of rotatable bonds is 17. The second kappa shape index (κ2) is 14.3. The molecule has 6 heteroatoms. The normalized spacial score (nSPS) is 14.1. The third-order valence-electron chi connectivity index (χ3n) is 6.00. The van der Waals surface area contributed by atoms with Gasteiger partial charge in [-0.3, -0.25) is 9.79 Å². The lowest BCUT2D eigenvalue weighted by Gasteiger charge is -2.03. The van der Waals surface area contributed by atoms with E-state index in [1.54, 1.807) is 0 Å². The maximum absolute atomic E-state index is 10.5. The number of unbranched alkanes of at least 4 members (excludes halogenated alkanes) is 8. The van der Waals surface area contributed by atoms with Crippen LogP contribution in [0.25, 0.3) is 17.5 Å². The first kappa shape index (κ1) is 25.6. The molecule has 0 spiro atoms. The van der Waals surface area contributed by atoms with Crippen LogP contribution in [0.4, 0.5) is 0 Å². The van der Waals surface area contributed by atoms with E-state index >= 15 is 0 Å². The highest BCUT2D eigenvalue weighted by Gasteiger charge is 2.12. The van der Waals surface area contributed by atoms with E-state index in [0.29, 0.717) is 13.0 Å². The molecule has 0 unspecified atom stereocenters. The van der Waals surface area contributed by atoms with Crippen LogP contribution in [-0.4, -0.2) is 33.4 Å². The second-order valence-corrected chi connectivity index (χ2v) is 8.97. The molecular formula is C28H39N3O3. The molecule has 6 nitrogen and oxygen atoms in total. The smallest absolute Gasteiger partial charge is 0.303 e. The van der Waals surface area contributed by atoms with Crippen molar-refractivity contribution in [3.05, 3.63) is 47.9 Å². The summed E-state index contributed by atoms with van der Waals surface area (Å²) in [4.78, 5) is 22.0. The number of aliphatic imine (C=N–C) groups is 1. The van der Waals surface area contributed by atoms with Crippen molar-refractivity contribution < 1.29 is 14.6 Å². The average molecular weight is 466 g/mol. The molecule has 0 radical (unpaired) electrons. The van der Waals surface area contributed by atoms with Crippen molar-refractivity contribution in [1.29, 1.82) is 0 Å². The summed E-state index contributed by atoms with van der Waals surface area (Å²) in [5, 5.41) is 8.65. The minimum absolute atomic E-state index is 0.308. The number of carboxylic acid groups (broad SMARTS) is 1. The monoisotopic (exact) mass is 465 g/mol. The Morgan fingerprint density at radius 3 is 2.44 bits per heavy atom. The second-order valence-electron chi connectivity index (χ2n) is 8.97. The first-order chi connectivity index (χ1) is 16.7. The molecule has 0 fully saturated rings. The number of hydrogen-bond donors (Lipinski definition) is 3. The highest BCUT2D eigenvalue weighted by atomic mass is 16.5. The van der Waals surface area contributed by atoms with Gasteiger partial charge < -0.3 is 19.8 Å². The first-order valence-electron chi connectivity index (χ1n) is 12.8. The number of nitrogens with one attached hydrogen (secondary N) is 2. The van der Waals surface area contributed by atoms with Crippen LogP contribution in [0.1, 0.15) is 89.7 Å². The van der Waals surface area contributed by atoms with E-state index in [4.69, 9.17) is 14.8 Å². The zero-order valence-corrected chi connectivity index (χ0v) is 20.4. The Kier molecular flexibility index (Phi) is 10.8. The van der Waals surface area contributed by atoms with Crippen molar-refractivity contribution in [2.24, 2.45) is 4.99 Å². The Morgan fingerprint density at radius 2 is 1.76 bits per heavy atom. The summed E-state index contributed by atoms with van der Waals surface area (Å²) in [6.45, 7) is 2.80. The Balaban J connectivity index is 1.39. The Hall–Kier alpha value is -3.02. The van der Waals surface area contributed by atoms with Gasteiger partial charge in [0.05, 0.1) is 29.4 Å². The third kappa shape index (κ3) is 8.73. The molecule has 0 aromatic carbocycles. The zero-order valence-electron chi connectivity index (χ0n) is 20.4. The van der Waals surface area contributed by atoms with Gasteiger partial charge in [-0.1, -0.05) is 51.9 Å². The van der Waals surface area contributed by atoms with Crippen LogP contribution in [0.2, 0.25) is 0 Å². The van der Waals surface area contributed by atoms with Gasteiger partial charge in [-0.25, -0.2) is 0 Å². The standard InChI is InChI=1S/C28H39N3O3/c1-2-19-34-27-21-25(24-14-12-18-29-24)31-26(27)20-23-17-16-22(30-23)13-10-8-6-4-3-5-7-9-11-15-28(32)33/h12,14,16-18,20-21,29,31H,2-11,13,15,19H2,1H3,(H,32,33)/b23-20+. The number of carbonyl (C=O) groups is 1. The van der Waals surface area contributed by atoms with Gasteiger partial charge >= 0.3 is 5.97 Å². The van der Waals surface area contributed by atoms with Gasteiger partial charge in [0.2, 0.25) is 0 Å². The molecule has 34 heavy (non-hydrogen) atoms. The summed E-state index contributed by atoms with van der Waals surface area (Å²) in [6, 6.07) is 6.08. The van der Waals surface area contributed by atoms with Crippen molar-refractivity contribution in [2.45, 2.75) is 84.0 Å². The van der Waals surface area contributed by atoms with E-state index in [9.17, 15) is 4.79 Å². The fourth-order valence-corrected chi connectivity index (χ4v) is 4.14. The van der Waals surface area contributed by atoms with Crippen LogP contribution in [-0.2, 0) is 4.79 Å². The number of aromatic nitrogens is 2. The Bertz CT molecular complexity index is 967. The summed E-state index contributed by atoms with van der Waals surface area (Å²) >= 11 is 0. The lowest BCUT2D eigenvalue weighted by molar-refractivity contribution is -0.137. The predicted molar refractivity (Wildman–Crippen MR) is 139 cm³/mol. The molecule has 3 N–H and O–H groups in total. The molecular weight excluding hydrogens is 426 g/mol. The first-order valence-corrected chi connectivity index (χ1v) is 12.8. The maximum atomic E-state index is 10.5. The van der Waals surface area contributed by atoms with Gasteiger partial charge in [-0.05, 0) is 56.0 Å². The summed E-state index contributed by atoms with van der Waals surface area (Å²) in [5.74, 6) is 0.180.